The molecule has 0 aliphatic rings. The second-order valence-electron chi connectivity index (χ2n) is 6.27. The van der Waals surface area contributed by atoms with Crippen LogP contribution in [0.4, 0.5) is 0 Å². The Morgan fingerprint density at radius 3 is 2.06 bits per heavy atom. The summed E-state index contributed by atoms with van der Waals surface area (Å²) >= 11 is 0. The van der Waals surface area contributed by atoms with Crippen molar-refractivity contribution >= 4 is 0 Å². The summed E-state index contributed by atoms with van der Waals surface area (Å²) in [6.45, 7) is 9.40. The molecule has 0 aromatic heterocycles. The Balaban J connectivity index is 2.80. The Labute approximate surface area is 112 Å². The van der Waals surface area contributed by atoms with Crippen LogP contribution >= 0.6 is 0 Å². The highest BCUT2D eigenvalue weighted by Crippen LogP contribution is 2.23. The van der Waals surface area contributed by atoms with Gasteiger partial charge < -0.3 is 10.5 Å². The van der Waals surface area contributed by atoms with Gasteiger partial charge in [-0.1, -0.05) is 52.0 Å². The van der Waals surface area contributed by atoms with Crippen LogP contribution in [-0.2, 0) is 16.6 Å². The molecule has 0 saturated carbocycles. The SMILES string of the molecule is CCC(N)(COC)Cc1ccc(C(C)(C)C)cc1. The predicted octanol–water partition coefficient (Wildman–Crippen LogP) is 3.28. The Kier molecular flexibility index (Phi) is 4.94. The van der Waals surface area contributed by atoms with E-state index < -0.39 is 0 Å². The summed E-state index contributed by atoms with van der Waals surface area (Å²) in [5, 5.41) is 0. The van der Waals surface area contributed by atoms with Gasteiger partial charge in [-0.2, -0.15) is 0 Å². The van der Waals surface area contributed by atoms with Crippen LogP contribution in [0.25, 0.3) is 0 Å². The molecule has 0 aliphatic carbocycles. The summed E-state index contributed by atoms with van der Waals surface area (Å²) in [6, 6.07) is 8.79. The van der Waals surface area contributed by atoms with Crippen molar-refractivity contribution in [3.8, 4) is 0 Å². The molecule has 102 valence electrons. The number of methoxy groups -OCH3 is 1. The molecule has 0 radical (unpaired) electrons. The van der Waals surface area contributed by atoms with Crippen molar-refractivity contribution < 1.29 is 4.74 Å². The third-order valence-corrected chi connectivity index (χ3v) is 3.51. The number of rotatable bonds is 5. The first-order valence-electron chi connectivity index (χ1n) is 6.68. The highest BCUT2D eigenvalue weighted by atomic mass is 16.5. The zero-order chi connectivity index (χ0) is 13.8. The van der Waals surface area contributed by atoms with Crippen LogP contribution in [0, 0.1) is 0 Å². The lowest BCUT2D eigenvalue weighted by atomic mass is 9.85. The second-order valence-corrected chi connectivity index (χ2v) is 6.27. The molecule has 18 heavy (non-hydrogen) atoms. The highest BCUT2D eigenvalue weighted by Gasteiger charge is 2.23. The van der Waals surface area contributed by atoms with E-state index in [0.717, 1.165) is 12.8 Å². The van der Waals surface area contributed by atoms with Crippen molar-refractivity contribution in [3.05, 3.63) is 35.4 Å². The van der Waals surface area contributed by atoms with E-state index >= 15 is 0 Å². The molecule has 1 unspecified atom stereocenters. The molecule has 2 nitrogen and oxygen atoms in total. The fraction of sp³-hybridized carbons (Fsp3) is 0.625. The first-order valence-corrected chi connectivity index (χ1v) is 6.68. The molecule has 0 saturated heterocycles. The average molecular weight is 249 g/mol. The van der Waals surface area contributed by atoms with Crippen LogP contribution < -0.4 is 5.73 Å². The molecular formula is C16H27NO. The highest BCUT2D eigenvalue weighted by molar-refractivity contribution is 5.28. The van der Waals surface area contributed by atoms with E-state index in [2.05, 4.69) is 52.0 Å². The lowest BCUT2D eigenvalue weighted by molar-refractivity contribution is 0.129. The second kappa shape index (κ2) is 5.85. The van der Waals surface area contributed by atoms with Gasteiger partial charge in [0.1, 0.15) is 0 Å². The van der Waals surface area contributed by atoms with E-state index in [9.17, 15) is 0 Å². The smallest absolute Gasteiger partial charge is 0.0645 e. The first-order chi connectivity index (χ1) is 8.30. The third-order valence-electron chi connectivity index (χ3n) is 3.51. The van der Waals surface area contributed by atoms with Crippen molar-refractivity contribution in [2.75, 3.05) is 13.7 Å². The van der Waals surface area contributed by atoms with Crippen LogP contribution in [0.3, 0.4) is 0 Å². The largest absolute Gasteiger partial charge is 0.383 e. The molecular weight excluding hydrogens is 222 g/mol. The van der Waals surface area contributed by atoms with E-state index in [1.165, 1.54) is 11.1 Å². The molecule has 0 bridgehead atoms. The molecule has 1 aromatic carbocycles. The van der Waals surface area contributed by atoms with Crippen molar-refractivity contribution in [2.45, 2.75) is 51.5 Å². The number of ether oxygens (including phenoxy) is 1. The summed E-state index contributed by atoms with van der Waals surface area (Å²) in [7, 11) is 1.71. The van der Waals surface area contributed by atoms with Crippen molar-refractivity contribution in [3.63, 3.8) is 0 Å². The summed E-state index contributed by atoms with van der Waals surface area (Å²) in [6.07, 6.45) is 1.78. The molecule has 1 rings (SSSR count). The molecule has 0 fully saturated rings. The van der Waals surface area contributed by atoms with E-state index in [1.807, 2.05) is 0 Å². The minimum atomic E-state index is -0.252. The molecule has 1 aromatic rings. The van der Waals surface area contributed by atoms with E-state index in [1.54, 1.807) is 7.11 Å². The Hall–Kier alpha value is -0.860. The minimum absolute atomic E-state index is 0.204. The molecule has 0 aliphatic heterocycles. The van der Waals surface area contributed by atoms with Gasteiger partial charge in [0.25, 0.3) is 0 Å². The normalized spacial score (nSPS) is 15.4. The third kappa shape index (κ3) is 4.11. The van der Waals surface area contributed by atoms with E-state index in [-0.39, 0.29) is 11.0 Å². The molecule has 0 heterocycles. The fourth-order valence-corrected chi connectivity index (χ4v) is 2.09. The van der Waals surface area contributed by atoms with Crippen LogP contribution in [0.5, 0.6) is 0 Å². The minimum Gasteiger partial charge on any atom is -0.383 e. The Morgan fingerprint density at radius 1 is 1.11 bits per heavy atom. The van der Waals surface area contributed by atoms with Gasteiger partial charge >= 0.3 is 0 Å². The lowest BCUT2D eigenvalue weighted by Gasteiger charge is -2.28. The summed E-state index contributed by atoms with van der Waals surface area (Å²) < 4.78 is 5.22. The van der Waals surface area contributed by atoms with Crippen molar-refractivity contribution in [2.24, 2.45) is 5.73 Å². The maximum atomic E-state index is 6.34. The summed E-state index contributed by atoms with van der Waals surface area (Å²) in [5.74, 6) is 0. The molecule has 2 heteroatoms. The van der Waals surface area contributed by atoms with Crippen LogP contribution in [0.1, 0.15) is 45.2 Å². The fourth-order valence-electron chi connectivity index (χ4n) is 2.09. The van der Waals surface area contributed by atoms with Gasteiger partial charge in [0.15, 0.2) is 0 Å². The van der Waals surface area contributed by atoms with Gasteiger partial charge in [0.05, 0.1) is 6.61 Å². The van der Waals surface area contributed by atoms with Crippen LogP contribution in [-0.4, -0.2) is 19.3 Å². The van der Waals surface area contributed by atoms with Gasteiger partial charge in [0.2, 0.25) is 0 Å². The maximum absolute atomic E-state index is 6.34. The maximum Gasteiger partial charge on any atom is 0.0645 e. The van der Waals surface area contributed by atoms with Gasteiger partial charge in [-0.25, -0.2) is 0 Å². The number of nitrogens with two attached hydrogens (primary N) is 1. The van der Waals surface area contributed by atoms with Crippen molar-refractivity contribution in [1.82, 2.24) is 0 Å². The zero-order valence-electron chi connectivity index (χ0n) is 12.4. The molecule has 0 spiro atoms. The monoisotopic (exact) mass is 249 g/mol. The quantitative estimate of drug-likeness (QED) is 0.869. The van der Waals surface area contributed by atoms with Crippen LogP contribution in [0.15, 0.2) is 24.3 Å². The average Bonchev–Trinajstić information content (AvgIpc) is 2.29. The number of benzene rings is 1. The standard InChI is InChI=1S/C16H27NO/c1-6-16(17,12-18-5)11-13-7-9-14(10-8-13)15(2,3)4/h7-10H,6,11-12,17H2,1-5H3. The lowest BCUT2D eigenvalue weighted by Crippen LogP contribution is -2.45. The van der Waals surface area contributed by atoms with Gasteiger partial charge in [-0.3, -0.25) is 0 Å². The number of hydrogen-bond acceptors (Lipinski definition) is 2. The topological polar surface area (TPSA) is 35.2 Å². The van der Waals surface area contributed by atoms with Crippen molar-refractivity contribution in [1.29, 1.82) is 0 Å². The summed E-state index contributed by atoms with van der Waals surface area (Å²) in [4.78, 5) is 0. The predicted molar refractivity (Wildman–Crippen MR) is 77.9 cm³/mol. The van der Waals surface area contributed by atoms with E-state index in [4.69, 9.17) is 10.5 Å². The van der Waals surface area contributed by atoms with E-state index in [0.29, 0.717) is 6.61 Å². The Bertz CT molecular complexity index is 364. The summed E-state index contributed by atoms with van der Waals surface area (Å²) in [5.41, 5.74) is 8.93. The Morgan fingerprint density at radius 2 is 1.67 bits per heavy atom. The molecule has 2 N–H and O–H groups in total. The van der Waals surface area contributed by atoms with Gasteiger partial charge in [-0.15, -0.1) is 0 Å². The van der Waals surface area contributed by atoms with Crippen LogP contribution in [0.2, 0.25) is 0 Å². The first kappa shape index (κ1) is 15.2. The molecule has 0 amide bonds. The van der Waals surface area contributed by atoms with Gasteiger partial charge in [0, 0.05) is 12.6 Å². The van der Waals surface area contributed by atoms with Gasteiger partial charge in [-0.05, 0) is 29.4 Å². The zero-order valence-corrected chi connectivity index (χ0v) is 12.4. The molecule has 1 atom stereocenters. The number of hydrogen-bond donors (Lipinski definition) is 1.